The average Bonchev–Trinajstić information content (AvgIpc) is 3.03. The second-order valence-corrected chi connectivity index (χ2v) is 6.57. The minimum absolute atomic E-state index is 0.138. The van der Waals surface area contributed by atoms with Gasteiger partial charge in [-0.05, 0) is 47.9 Å². The monoisotopic (exact) mass is 324 g/mol. The number of benzene rings is 1. The normalized spacial score (nSPS) is 12.9. The van der Waals surface area contributed by atoms with Gasteiger partial charge in [-0.1, -0.05) is 17.7 Å². The van der Waals surface area contributed by atoms with Crippen LogP contribution in [0.3, 0.4) is 0 Å². The molecule has 0 fully saturated rings. The zero-order valence-corrected chi connectivity index (χ0v) is 13.3. The summed E-state index contributed by atoms with van der Waals surface area (Å²) in [5.74, 6) is 0.880. The smallest absolute Gasteiger partial charge is 0.127 e. The topological polar surface area (TPSA) is 17.8 Å². The maximum absolute atomic E-state index is 6.34. The summed E-state index contributed by atoms with van der Waals surface area (Å²) >= 11 is 14.3. The molecule has 104 valence electrons. The molecule has 0 spiro atoms. The van der Waals surface area contributed by atoms with Crippen LogP contribution in [0.15, 0.2) is 35.0 Å². The highest BCUT2D eigenvalue weighted by molar-refractivity contribution is 7.07. The number of nitrogens with zero attached hydrogens (tertiary/aromatic N) is 2. The minimum Gasteiger partial charge on any atom is -0.325 e. The predicted octanol–water partition coefficient (Wildman–Crippen LogP) is 5.29. The summed E-state index contributed by atoms with van der Waals surface area (Å²) in [5.41, 5.74) is 3.22. The molecule has 2 nitrogen and oxygen atoms in total. The maximum Gasteiger partial charge on any atom is 0.127 e. The molecule has 20 heavy (non-hydrogen) atoms. The van der Waals surface area contributed by atoms with Gasteiger partial charge in [-0.2, -0.15) is 11.3 Å². The van der Waals surface area contributed by atoms with E-state index in [-0.39, 0.29) is 5.38 Å². The number of thiophene rings is 1. The van der Waals surface area contributed by atoms with Crippen LogP contribution in [-0.2, 0) is 13.0 Å². The Balaban J connectivity index is 2.04. The van der Waals surface area contributed by atoms with Crippen molar-refractivity contribution in [3.05, 3.63) is 51.4 Å². The van der Waals surface area contributed by atoms with Gasteiger partial charge in [0.2, 0.25) is 0 Å². The molecule has 0 radical (unpaired) electrons. The van der Waals surface area contributed by atoms with Crippen LogP contribution in [-0.4, -0.2) is 9.55 Å². The lowest BCUT2D eigenvalue weighted by Crippen LogP contribution is -2.06. The first-order valence-corrected chi connectivity index (χ1v) is 8.22. The van der Waals surface area contributed by atoms with E-state index in [9.17, 15) is 0 Å². The Morgan fingerprint density at radius 3 is 2.90 bits per heavy atom. The summed E-state index contributed by atoms with van der Waals surface area (Å²) in [5, 5.41) is 4.86. The van der Waals surface area contributed by atoms with Crippen LogP contribution < -0.4 is 0 Å². The molecule has 1 unspecified atom stereocenters. The van der Waals surface area contributed by atoms with Crippen molar-refractivity contribution >= 4 is 45.6 Å². The van der Waals surface area contributed by atoms with Crippen LogP contribution in [0, 0.1) is 0 Å². The summed E-state index contributed by atoms with van der Waals surface area (Å²) in [6, 6.07) is 7.94. The molecule has 5 heteroatoms. The van der Waals surface area contributed by atoms with E-state index in [1.807, 2.05) is 25.1 Å². The van der Waals surface area contributed by atoms with Crippen LogP contribution in [0.4, 0.5) is 0 Å². The Morgan fingerprint density at radius 1 is 1.35 bits per heavy atom. The third kappa shape index (κ3) is 2.58. The van der Waals surface area contributed by atoms with E-state index in [2.05, 4.69) is 26.4 Å². The van der Waals surface area contributed by atoms with E-state index >= 15 is 0 Å². The number of imidazole rings is 1. The van der Waals surface area contributed by atoms with Gasteiger partial charge in [-0.25, -0.2) is 4.98 Å². The summed E-state index contributed by atoms with van der Waals surface area (Å²) in [6.07, 6.45) is 0.955. The number of alkyl halides is 1. The molecular formula is C15H14Cl2N2S. The number of hydrogen-bond acceptors (Lipinski definition) is 2. The van der Waals surface area contributed by atoms with Crippen molar-refractivity contribution in [2.45, 2.75) is 25.3 Å². The highest BCUT2D eigenvalue weighted by atomic mass is 35.5. The van der Waals surface area contributed by atoms with Gasteiger partial charge in [0.05, 0.1) is 21.4 Å². The molecule has 0 aliphatic rings. The molecular weight excluding hydrogens is 311 g/mol. The van der Waals surface area contributed by atoms with Gasteiger partial charge in [-0.3, -0.25) is 0 Å². The number of aryl methyl sites for hydroxylation is 2. The minimum atomic E-state index is -0.138. The van der Waals surface area contributed by atoms with Crippen molar-refractivity contribution in [2.24, 2.45) is 0 Å². The van der Waals surface area contributed by atoms with Crippen molar-refractivity contribution < 1.29 is 0 Å². The lowest BCUT2D eigenvalue weighted by atomic mass is 10.2. The van der Waals surface area contributed by atoms with E-state index in [1.54, 1.807) is 11.3 Å². The van der Waals surface area contributed by atoms with Crippen LogP contribution in [0.5, 0.6) is 0 Å². The maximum atomic E-state index is 6.34. The number of fused-ring (bicyclic) bond motifs is 1. The Morgan fingerprint density at radius 2 is 2.20 bits per heavy atom. The van der Waals surface area contributed by atoms with Crippen LogP contribution >= 0.6 is 34.5 Å². The van der Waals surface area contributed by atoms with E-state index in [0.29, 0.717) is 0 Å². The second kappa shape index (κ2) is 5.76. The first-order chi connectivity index (χ1) is 9.66. The van der Waals surface area contributed by atoms with Gasteiger partial charge in [0.1, 0.15) is 5.82 Å². The predicted molar refractivity (Wildman–Crippen MR) is 87.0 cm³/mol. The number of halogens is 2. The number of rotatable bonds is 4. The molecule has 3 rings (SSSR count). The molecule has 0 bridgehead atoms. The Labute approximate surface area is 132 Å². The van der Waals surface area contributed by atoms with Gasteiger partial charge in [0.25, 0.3) is 0 Å². The number of aromatic nitrogens is 2. The zero-order valence-electron chi connectivity index (χ0n) is 11.0. The van der Waals surface area contributed by atoms with Gasteiger partial charge < -0.3 is 4.57 Å². The third-order valence-electron chi connectivity index (χ3n) is 3.31. The fraction of sp³-hybridized carbons (Fsp3) is 0.267. The van der Waals surface area contributed by atoms with Gasteiger partial charge >= 0.3 is 0 Å². The van der Waals surface area contributed by atoms with E-state index in [4.69, 9.17) is 23.2 Å². The third-order valence-corrected chi connectivity index (χ3v) is 4.54. The Kier molecular flexibility index (Phi) is 4.01. The van der Waals surface area contributed by atoms with Crippen molar-refractivity contribution in [3.8, 4) is 0 Å². The fourth-order valence-corrected chi connectivity index (χ4v) is 3.51. The molecule has 0 saturated carbocycles. The lowest BCUT2D eigenvalue weighted by molar-refractivity contribution is 0.669. The van der Waals surface area contributed by atoms with Crippen molar-refractivity contribution in [1.82, 2.24) is 9.55 Å². The molecule has 0 aliphatic carbocycles. The molecule has 1 aromatic carbocycles. The highest BCUT2D eigenvalue weighted by Gasteiger charge is 2.16. The Hall–Kier alpha value is -1.03. The van der Waals surface area contributed by atoms with E-state index in [1.165, 1.54) is 5.56 Å². The highest BCUT2D eigenvalue weighted by Crippen LogP contribution is 2.29. The van der Waals surface area contributed by atoms with Crippen LogP contribution in [0.1, 0.15) is 23.7 Å². The molecule has 2 heterocycles. The lowest BCUT2D eigenvalue weighted by Gasteiger charge is -2.10. The van der Waals surface area contributed by atoms with Gasteiger partial charge in [0, 0.05) is 6.54 Å². The Bertz CT molecular complexity index is 717. The first kappa shape index (κ1) is 13.9. The summed E-state index contributed by atoms with van der Waals surface area (Å²) in [6.45, 7) is 2.78. The second-order valence-electron chi connectivity index (χ2n) is 4.73. The van der Waals surface area contributed by atoms with Crippen LogP contribution in [0.2, 0.25) is 5.02 Å². The van der Waals surface area contributed by atoms with Gasteiger partial charge in [-0.15, -0.1) is 11.6 Å². The quantitative estimate of drug-likeness (QED) is 0.596. The standard InChI is InChI=1S/C15H14Cl2N2S/c1-10(16)15-18-13-4-2-3-12(17)14(13)19(15)7-5-11-6-8-20-9-11/h2-4,6,8-10H,5,7H2,1H3. The van der Waals surface area contributed by atoms with Crippen LogP contribution in [0.25, 0.3) is 11.0 Å². The first-order valence-electron chi connectivity index (χ1n) is 6.46. The average molecular weight is 325 g/mol. The van der Waals surface area contributed by atoms with Gasteiger partial charge in [0.15, 0.2) is 0 Å². The van der Waals surface area contributed by atoms with Crippen molar-refractivity contribution in [1.29, 1.82) is 0 Å². The summed E-state index contributed by atoms with van der Waals surface area (Å²) in [4.78, 5) is 4.62. The molecule has 2 aromatic heterocycles. The number of para-hydroxylation sites is 1. The van der Waals surface area contributed by atoms with Crippen molar-refractivity contribution in [2.75, 3.05) is 0 Å². The molecule has 3 aromatic rings. The molecule has 0 saturated heterocycles. The molecule has 0 amide bonds. The summed E-state index contributed by atoms with van der Waals surface area (Å²) < 4.78 is 2.15. The van der Waals surface area contributed by atoms with Crippen molar-refractivity contribution in [3.63, 3.8) is 0 Å². The molecule has 1 atom stereocenters. The van der Waals surface area contributed by atoms with E-state index in [0.717, 1.165) is 34.8 Å². The SMILES string of the molecule is CC(Cl)c1nc2cccc(Cl)c2n1CCc1ccsc1. The number of hydrogen-bond donors (Lipinski definition) is 0. The fourth-order valence-electron chi connectivity index (χ4n) is 2.37. The largest absolute Gasteiger partial charge is 0.325 e. The zero-order chi connectivity index (χ0) is 14.1. The summed E-state index contributed by atoms with van der Waals surface area (Å²) in [7, 11) is 0. The molecule has 0 N–H and O–H groups in total. The molecule has 0 aliphatic heterocycles. The van der Waals surface area contributed by atoms with E-state index < -0.39 is 0 Å².